The fourth-order valence-electron chi connectivity index (χ4n) is 2.56. The van der Waals surface area contributed by atoms with Crippen LogP contribution in [0.5, 0.6) is 0 Å². The van der Waals surface area contributed by atoms with Gasteiger partial charge in [0.1, 0.15) is 0 Å². The van der Waals surface area contributed by atoms with E-state index in [-0.39, 0.29) is 6.04 Å². The van der Waals surface area contributed by atoms with Crippen LogP contribution in [-0.4, -0.2) is 29.6 Å². The lowest BCUT2D eigenvalue weighted by Gasteiger charge is -2.39. The fourth-order valence-corrected chi connectivity index (χ4v) is 4.20. The van der Waals surface area contributed by atoms with Crippen LogP contribution in [0, 0.1) is 0 Å². The van der Waals surface area contributed by atoms with Crippen molar-refractivity contribution in [3.8, 4) is 0 Å². The minimum absolute atomic E-state index is 0.252. The number of benzene rings is 1. The summed E-state index contributed by atoms with van der Waals surface area (Å²) >= 11 is 5.78. The van der Waals surface area contributed by atoms with Gasteiger partial charge in [-0.25, -0.2) is 0 Å². The van der Waals surface area contributed by atoms with Gasteiger partial charge in [-0.05, 0) is 44.4 Å². The number of hydrogen-bond donors (Lipinski definition) is 1. The molecule has 2 rings (SSSR count). The summed E-state index contributed by atoms with van der Waals surface area (Å²) in [5.74, 6) is 1.20. The molecule has 2 nitrogen and oxygen atoms in total. The van der Waals surface area contributed by atoms with E-state index in [4.69, 9.17) is 5.73 Å². The van der Waals surface area contributed by atoms with E-state index in [1.807, 2.05) is 0 Å². The summed E-state index contributed by atoms with van der Waals surface area (Å²) in [5.41, 5.74) is 8.69. The Morgan fingerprint density at radius 2 is 2.20 bits per heavy atom. The topological polar surface area (TPSA) is 29.3 Å². The molecule has 0 aromatic heterocycles. The van der Waals surface area contributed by atoms with Crippen molar-refractivity contribution in [2.24, 2.45) is 5.73 Å². The van der Waals surface area contributed by atoms with Crippen LogP contribution in [0.15, 0.2) is 22.7 Å². The molecule has 4 heteroatoms. The van der Waals surface area contributed by atoms with Crippen molar-refractivity contribution in [3.05, 3.63) is 28.2 Å². The van der Waals surface area contributed by atoms with Gasteiger partial charge in [0.05, 0.1) is 0 Å². The van der Waals surface area contributed by atoms with E-state index < -0.39 is 0 Å². The highest BCUT2D eigenvalue weighted by Gasteiger charge is 2.27. The number of hydrogen-bond acceptors (Lipinski definition) is 3. The number of nitrogens with zero attached hydrogens (tertiary/aromatic N) is 1. The normalized spacial score (nSPS) is 19.9. The van der Waals surface area contributed by atoms with Crippen molar-refractivity contribution in [2.75, 3.05) is 23.7 Å². The molecular weight excluding hydrogens is 332 g/mol. The minimum Gasteiger partial charge on any atom is -0.369 e. The molecule has 0 amide bonds. The van der Waals surface area contributed by atoms with Gasteiger partial charge >= 0.3 is 0 Å². The number of halogens is 1. The number of anilines is 1. The SMILES string of the molecule is CCC(N)Cc1ccc(N2CCSC(C)(C)C2)cc1Br. The Morgan fingerprint density at radius 3 is 2.80 bits per heavy atom. The van der Waals surface area contributed by atoms with Gasteiger partial charge in [0.25, 0.3) is 0 Å². The molecule has 1 fully saturated rings. The molecule has 1 aliphatic rings. The summed E-state index contributed by atoms with van der Waals surface area (Å²) in [6, 6.07) is 6.98. The largest absolute Gasteiger partial charge is 0.369 e. The van der Waals surface area contributed by atoms with Crippen LogP contribution in [0.2, 0.25) is 0 Å². The van der Waals surface area contributed by atoms with Gasteiger partial charge in [-0.2, -0.15) is 11.8 Å². The molecular formula is C16H25BrN2S. The van der Waals surface area contributed by atoms with E-state index in [0.717, 1.165) is 25.9 Å². The molecule has 1 saturated heterocycles. The average Bonchev–Trinajstić information content (AvgIpc) is 2.39. The zero-order valence-electron chi connectivity index (χ0n) is 12.7. The number of thioether (sulfide) groups is 1. The Hall–Kier alpha value is -0.190. The van der Waals surface area contributed by atoms with Gasteiger partial charge in [0, 0.05) is 39.8 Å². The lowest BCUT2D eigenvalue weighted by Crippen LogP contribution is -2.43. The highest BCUT2D eigenvalue weighted by molar-refractivity contribution is 9.10. The summed E-state index contributed by atoms with van der Waals surface area (Å²) < 4.78 is 1.53. The first kappa shape index (κ1) is 16.2. The third kappa shape index (κ3) is 4.15. The third-order valence-electron chi connectivity index (χ3n) is 3.83. The third-order valence-corrected chi connectivity index (χ3v) is 5.87. The smallest absolute Gasteiger partial charge is 0.0378 e. The van der Waals surface area contributed by atoms with Crippen molar-refractivity contribution in [2.45, 2.75) is 44.4 Å². The van der Waals surface area contributed by atoms with Gasteiger partial charge in [-0.15, -0.1) is 0 Å². The first-order valence-electron chi connectivity index (χ1n) is 7.34. The molecule has 1 heterocycles. The summed E-state index contributed by atoms with van der Waals surface area (Å²) in [7, 11) is 0. The van der Waals surface area contributed by atoms with Crippen LogP contribution in [0.1, 0.15) is 32.8 Å². The van der Waals surface area contributed by atoms with Gasteiger partial charge in [-0.3, -0.25) is 0 Å². The van der Waals surface area contributed by atoms with Gasteiger partial charge in [0.2, 0.25) is 0 Å². The Labute approximate surface area is 135 Å². The van der Waals surface area contributed by atoms with E-state index in [2.05, 4.69) is 71.6 Å². The molecule has 1 aromatic carbocycles. The maximum Gasteiger partial charge on any atom is 0.0378 e. The van der Waals surface area contributed by atoms with Crippen LogP contribution >= 0.6 is 27.7 Å². The molecule has 1 aromatic rings. The van der Waals surface area contributed by atoms with Crippen molar-refractivity contribution in [1.29, 1.82) is 0 Å². The Bertz CT molecular complexity index is 462. The second-order valence-corrected chi connectivity index (χ2v) is 8.83. The molecule has 112 valence electrons. The Kier molecular flexibility index (Phi) is 5.43. The number of nitrogens with two attached hydrogens (primary N) is 1. The van der Waals surface area contributed by atoms with E-state index >= 15 is 0 Å². The van der Waals surface area contributed by atoms with E-state index in [9.17, 15) is 0 Å². The molecule has 0 spiro atoms. The van der Waals surface area contributed by atoms with Crippen molar-refractivity contribution >= 4 is 33.4 Å². The average molecular weight is 357 g/mol. The van der Waals surface area contributed by atoms with Gasteiger partial charge in [0.15, 0.2) is 0 Å². The predicted molar refractivity (Wildman–Crippen MR) is 94.9 cm³/mol. The first-order chi connectivity index (χ1) is 9.41. The summed E-state index contributed by atoms with van der Waals surface area (Å²) in [6.07, 6.45) is 1.96. The van der Waals surface area contributed by atoms with Crippen LogP contribution in [0.25, 0.3) is 0 Å². The van der Waals surface area contributed by atoms with Gasteiger partial charge < -0.3 is 10.6 Å². The maximum atomic E-state index is 6.06. The highest BCUT2D eigenvalue weighted by Crippen LogP contribution is 2.33. The zero-order valence-corrected chi connectivity index (χ0v) is 15.1. The van der Waals surface area contributed by atoms with Crippen LogP contribution in [-0.2, 0) is 6.42 Å². The minimum atomic E-state index is 0.252. The monoisotopic (exact) mass is 356 g/mol. The Balaban J connectivity index is 2.12. The predicted octanol–water partition coefficient (Wildman–Crippen LogP) is 4.06. The van der Waals surface area contributed by atoms with Crippen molar-refractivity contribution in [1.82, 2.24) is 0 Å². The lowest BCUT2D eigenvalue weighted by molar-refractivity contribution is 0.642. The van der Waals surface area contributed by atoms with Crippen LogP contribution in [0.3, 0.4) is 0 Å². The second-order valence-electron chi connectivity index (χ2n) is 6.18. The molecule has 0 saturated carbocycles. The second kappa shape index (κ2) is 6.71. The zero-order chi connectivity index (χ0) is 14.8. The van der Waals surface area contributed by atoms with Crippen LogP contribution in [0.4, 0.5) is 5.69 Å². The lowest BCUT2D eigenvalue weighted by atomic mass is 10.0. The van der Waals surface area contributed by atoms with Gasteiger partial charge in [-0.1, -0.05) is 28.9 Å². The maximum absolute atomic E-state index is 6.06. The molecule has 1 unspecified atom stereocenters. The summed E-state index contributed by atoms with van der Waals surface area (Å²) in [5, 5.41) is 0. The van der Waals surface area contributed by atoms with Crippen molar-refractivity contribution in [3.63, 3.8) is 0 Å². The molecule has 1 aliphatic heterocycles. The summed E-state index contributed by atoms with van der Waals surface area (Å²) in [6.45, 7) is 9.04. The standard InChI is InChI=1S/C16H25BrN2S/c1-4-13(18)9-12-5-6-14(10-15(12)17)19-7-8-20-16(2,3)11-19/h5-6,10,13H,4,7-9,11,18H2,1-3H3. The van der Waals surface area contributed by atoms with E-state index in [1.165, 1.54) is 21.5 Å². The Morgan fingerprint density at radius 1 is 1.45 bits per heavy atom. The molecule has 20 heavy (non-hydrogen) atoms. The molecule has 0 bridgehead atoms. The molecule has 1 atom stereocenters. The quantitative estimate of drug-likeness (QED) is 0.881. The van der Waals surface area contributed by atoms with Crippen LogP contribution < -0.4 is 10.6 Å². The molecule has 0 aliphatic carbocycles. The number of rotatable bonds is 4. The molecule has 2 N–H and O–H groups in total. The summed E-state index contributed by atoms with van der Waals surface area (Å²) in [4.78, 5) is 2.49. The fraction of sp³-hybridized carbons (Fsp3) is 0.625. The molecule has 0 radical (unpaired) electrons. The van der Waals surface area contributed by atoms with Crippen molar-refractivity contribution < 1.29 is 0 Å². The van der Waals surface area contributed by atoms with E-state index in [0.29, 0.717) is 4.75 Å². The highest BCUT2D eigenvalue weighted by atomic mass is 79.9. The first-order valence-corrected chi connectivity index (χ1v) is 9.12. The van der Waals surface area contributed by atoms with E-state index in [1.54, 1.807) is 0 Å².